The molecule has 0 N–H and O–H groups in total. The van der Waals surface area contributed by atoms with Crippen molar-refractivity contribution in [2.24, 2.45) is 10.8 Å². The van der Waals surface area contributed by atoms with Crippen LogP contribution >= 0.6 is 0 Å². The van der Waals surface area contributed by atoms with Crippen molar-refractivity contribution in [3.8, 4) is 0 Å². The van der Waals surface area contributed by atoms with Crippen molar-refractivity contribution in [1.82, 2.24) is 0 Å². The van der Waals surface area contributed by atoms with Gasteiger partial charge in [0.25, 0.3) is 0 Å². The van der Waals surface area contributed by atoms with E-state index in [2.05, 4.69) is 93.5 Å². The lowest BCUT2D eigenvalue weighted by Gasteiger charge is -2.56. The van der Waals surface area contributed by atoms with Gasteiger partial charge in [0, 0.05) is 0 Å². The van der Waals surface area contributed by atoms with Crippen LogP contribution in [0.5, 0.6) is 0 Å². The van der Waals surface area contributed by atoms with Crippen LogP contribution in [0, 0.1) is 10.8 Å². The molecule has 0 saturated heterocycles. The molecule has 0 aliphatic heterocycles. The Morgan fingerprint density at radius 1 is 0.341 bits per heavy atom. The molecule has 0 aromatic heterocycles. The highest BCUT2D eigenvalue weighted by atomic mass is 14.6. The van der Waals surface area contributed by atoms with E-state index in [-0.39, 0.29) is 10.8 Å². The molecule has 0 amide bonds. The summed E-state index contributed by atoms with van der Waals surface area (Å²) in [5, 5.41) is 0. The van der Waals surface area contributed by atoms with Crippen LogP contribution in [0.4, 0.5) is 0 Å². The van der Waals surface area contributed by atoms with Gasteiger partial charge in [-0.3, -0.25) is 0 Å². The first-order chi connectivity index (χ1) is 21.2. The van der Waals surface area contributed by atoms with Gasteiger partial charge in [-0.25, -0.2) is 0 Å². The lowest BCUT2D eigenvalue weighted by molar-refractivity contribution is 0.0515. The summed E-state index contributed by atoms with van der Waals surface area (Å²) in [7, 11) is 0. The topological polar surface area (TPSA) is 0 Å². The van der Waals surface area contributed by atoms with E-state index in [1.54, 1.807) is 11.1 Å². The summed E-state index contributed by atoms with van der Waals surface area (Å²) in [6.07, 6.45) is 32.5. The van der Waals surface area contributed by atoms with Crippen LogP contribution in [0.2, 0.25) is 0 Å². The van der Waals surface area contributed by atoms with Gasteiger partial charge in [0.15, 0.2) is 0 Å². The summed E-state index contributed by atoms with van der Waals surface area (Å²) in [5.74, 6) is 0. The summed E-state index contributed by atoms with van der Waals surface area (Å²) in [5.41, 5.74) is 4.71. The smallest absolute Gasteiger partial charge is 0.00160 e. The maximum absolute atomic E-state index is 2.79. The van der Waals surface area contributed by atoms with Gasteiger partial charge in [-0.1, -0.05) is 196 Å². The maximum Gasteiger partial charge on any atom is -0.00160 e. The van der Waals surface area contributed by atoms with Crippen LogP contribution in [0.1, 0.15) is 234 Å². The van der Waals surface area contributed by atoms with Gasteiger partial charge in [0.05, 0.1) is 0 Å². The molecule has 0 heterocycles. The molecule has 0 saturated carbocycles. The Morgan fingerprint density at radius 2 is 0.545 bits per heavy atom. The van der Waals surface area contributed by atoms with E-state index in [1.807, 2.05) is 0 Å². The van der Waals surface area contributed by atoms with Crippen molar-refractivity contribution >= 4 is 0 Å². The van der Waals surface area contributed by atoms with Gasteiger partial charge in [0.1, 0.15) is 0 Å². The average Bonchev–Trinajstić information content (AvgIpc) is 3.05. The highest BCUT2D eigenvalue weighted by Gasteiger charge is 2.53. The van der Waals surface area contributed by atoms with Crippen molar-refractivity contribution in [2.75, 3.05) is 0 Å². The van der Waals surface area contributed by atoms with E-state index in [4.69, 9.17) is 0 Å². The molecule has 1 aromatic carbocycles. The second-order valence-corrected chi connectivity index (χ2v) is 15.6. The van der Waals surface area contributed by atoms with Crippen molar-refractivity contribution in [2.45, 2.75) is 234 Å². The fourth-order valence-corrected chi connectivity index (χ4v) is 9.37. The van der Waals surface area contributed by atoms with E-state index in [1.165, 1.54) is 154 Å². The van der Waals surface area contributed by atoms with E-state index in [0.717, 1.165) is 0 Å². The first-order valence-corrected chi connectivity index (χ1v) is 20.3. The van der Waals surface area contributed by atoms with Gasteiger partial charge < -0.3 is 0 Å². The van der Waals surface area contributed by atoms with E-state index in [9.17, 15) is 0 Å². The summed E-state index contributed by atoms with van der Waals surface area (Å²) >= 11 is 0. The van der Waals surface area contributed by atoms with E-state index in [0.29, 0.717) is 10.8 Å². The first-order valence-electron chi connectivity index (χ1n) is 20.3. The first kappa shape index (κ1) is 41.2. The van der Waals surface area contributed by atoms with E-state index < -0.39 is 0 Å². The SMILES string of the molecule is CCCCC(CCCC)(CCCC)C(C)(CCCC)c1ccccc1C(C)(CCCC)C(CCCC)(CCCC)CCCC. The Labute approximate surface area is 279 Å². The van der Waals surface area contributed by atoms with Crippen LogP contribution in [0.3, 0.4) is 0 Å². The number of rotatable bonds is 28. The van der Waals surface area contributed by atoms with Gasteiger partial charge in [0.2, 0.25) is 0 Å². The molecule has 2 unspecified atom stereocenters. The number of hydrogen-bond donors (Lipinski definition) is 0. The monoisotopic (exact) mass is 611 g/mol. The molecule has 0 aliphatic rings. The largest absolute Gasteiger partial charge is 0.0654 e. The Kier molecular flexibility index (Phi) is 20.5. The zero-order chi connectivity index (χ0) is 33.0. The average molecular weight is 611 g/mol. The molecule has 0 heteroatoms. The maximum atomic E-state index is 2.79. The molecule has 0 fully saturated rings. The quantitative estimate of drug-likeness (QED) is 0.0885. The van der Waals surface area contributed by atoms with E-state index >= 15 is 0 Å². The summed E-state index contributed by atoms with van der Waals surface area (Å²) < 4.78 is 0. The minimum atomic E-state index is 0.207. The van der Waals surface area contributed by atoms with Crippen LogP contribution in [-0.2, 0) is 10.8 Å². The molecule has 1 aromatic rings. The van der Waals surface area contributed by atoms with Gasteiger partial charge in [-0.05, 0) is 84.2 Å². The Bertz CT molecular complexity index is 722. The minimum Gasteiger partial charge on any atom is -0.0654 e. The number of hydrogen-bond acceptors (Lipinski definition) is 0. The Hall–Kier alpha value is -0.780. The molecular formula is C44H82. The molecule has 0 nitrogen and oxygen atoms in total. The van der Waals surface area contributed by atoms with Crippen molar-refractivity contribution in [3.63, 3.8) is 0 Å². The third kappa shape index (κ3) is 10.4. The highest BCUT2D eigenvalue weighted by Crippen LogP contribution is 2.61. The predicted octanol–water partition coefficient (Wildman–Crippen LogP) is 15.7. The zero-order valence-corrected chi connectivity index (χ0v) is 32.3. The summed E-state index contributed by atoms with van der Waals surface area (Å²) in [4.78, 5) is 0. The van der Waals surface area contributed by atoms with Crippen LogP contribution in [-0.4, -0.2) is 0 Å². The lowest BCUT2D eigenvalue weighted by Crippen LogP contribution is -2.49. The molecule has 0 radical (unpaired) electrons. The third-order valence-electron chi connectivity index (χ3n) is 12.6. The molecule has 0 aliphatic carbocycles. The van der Waals surface area contributed by atoms with Gasteiger partial charge in [-0.15, -0.1) is 0 Å². The molecule has 44 heavy (non-hydrogen) atoms. The molecule has 1 rings (SSSR count). The summed E-state index contributed by atoms with van der Waals surface area (Å²) in [6.45, 7) is 25.0. The Balaban J connectivity index is 4.24. The number of unbranched alkanes of at least 4 members (excludes halogenated alkanes) is 8. The second kappa shape index (κ2) is 21.9. The third-order valence-corrected chi connectivity index (χ3v) is 12.6. The van der Waals surface area contributed by atoms with Crippen LogP contribution < -0.4 is 0 Å². The molecule has 258 valence electrons. The molecule has 0 spiro atoms. The van der Waals surface area contributed by atoms with Crippen molar-refractivity contribution in [3.05, 3.63) is 35.4 Å². The molecule has 2 atom stereocenters. The standard InChI is InChI=1S/C44H82/c1-11-19-31-41(9,43(33-21-13-3,34-22-14-4)35-23-15-5)39-29-27-28-30-40(39)42(10,32-20-12-2)44(36-24-16-6,37-25-17-7)38-26-18-8/h27-30H,11-26,31-38H2,1-10H3. The summed E-state index contributed by atoms with van der Waals surface area (Å²) in [6, 6.07) is 10.2. The fraction of sp³-hybridized carbons (Fsp3) is 0.864. The fourth-order valence-electron chi connectivity index (χ4n) is 9.37. The molecular weight excluding hydrogens is 528 g/mol. The van der Waals surface area contributed by atoms with Crippen LogP contribution in [0.25, 0.3) is 0 Å². The molecule has 0 bridgehead atoms. The van der Waals surface area contributed by atoms with Crippen LogP contribution in [0.15, 0.2) is 24.3 Å². The van der Waals surface area contributed by atoms with Gasteiger partial charge in [-0.2, -0.15) is 0 Å². The lowest BCUT2D eigenvalue weighted by atomic mass is 9.48. The van der Waals surface area contributed by atoms with Crippen molar-refractivity contribution < 1.29 is 0 Å². The second-order valence-electron chi connectivity index (χ2n) is 15.6. The van der Waals surface area contributed by atoms with Gasteiger partial charge >= 0.3 is 0 Å². The predicted molar refractivity (Wildman–Crippen MR) is 202 cm³/mol. The highest BCUT2D eigenvalue weighted by molar-refractivity contribution is 5.43. The van der Waals surface area contributed by atoms with Crippen molar-refractivity contribution in [1.29, 1.82) is 0 Å². The Morgan fingerprint density at radius 3 is 0.750 bits per heavy atom. The normalized spacial score (nSPS) is 15.3. The zero-order valence-electron chi connectivity index (χ0n) is 32.3. The number of benzene rings is 1. The minimum absolute atomic E-state index is 0.207.